The lowest BCUT2D eigenvalue weighted by atomic mass is 9.93. The van der Waals surface area contributed by atoms with Gasteiger partial charge in [-0.15, -0.1) is 0 Å². The molecule has 6 rings (SSSR count). The molecule has 2 fully saturated rings. The minimum absolute atomic E-state index is 0.0977. The maximum absolute atomic E-state index is 14.3. The summed E-state index contributed by atoms with van der Waals surface area (Å²) in [5, 5.41) is 13.6. The Morgan fingerprint density at radius 1 is 1.04 bits per heavy atom. The van der Waals surface area contributed by atoms with E-state index in [-0.39, 0.29) is 31.7 Å². The summed E-state index contributed by atoms with van der Waals surface area (Å²) in [6, 6.07) is 17.0. The third-order valence-corrected chi connectivity index (χ3v) is 9.26. The standard InChI is InChI=1S/C37H41N3O8/c1-36(2,3)48-35(45)40-16-10-6-9-13-23-21-37(23,34(43)44)39-32(41)27-17-25(18-28(27)33(40)42)47-31-20-29(22-11-7-5-8-12-22)38-30-19-24(46-4)14-15-26(30)31/h5,7-9,11-15,19-20,23,25,27-28H,6,10,16-18,21H2,1-4H3,(H,39,41)(H,43,44)/b13-9-/t23-,25-,27-,28-,37-/m1/s1. The van der Waals surface area contributed by atoms with E-state index in [2.05, 4.69) is 5.32 Å². The lowest BCUT2D eigenvalue weighted by Crippen LogP contribution is -2.50. The number of carbonyl (C=O) groups is 4. The first-order valence-electron chi connectivity index (χ1n) is 16.4. The van der Waals surface area contributed by atoms with Gasteiger partial charge in [0.1, 0.15) is 28.7 Å². The number of imide groups is 1. The maximum atomic E-state index is 14.3. The van der Waals surface area contributed by atoms with Crippen LogP contribution in [0, 0.1) is 17.8 Å². The van der Waals surface area contributed by atoms with Crippen molar-refractivity contribution in [2.45, 2.75) is 70.1 Å². The molecular weight excluding hydrogens is 614 g/mol. The zero-order valence-corrected chi connectivity index (χ0v) is 27.6. The number of benzene rings is 2. The molecule has 2 N–H and O–H groups in total. The summed E-state index contributed by atoms with van der Waals surface area (Å²) in [6.07, 6.45) is 3.81. The van der Waals surface area contributed by atoms with Crippen LogP contribution in [0.15, 0.2) is 66.7 Å². The number of hydrogen-bond donors (Lipinski definition) is 2. The van der Waals surface area contributed by atoms with E-state index in [4.69, 9.17) is 19.2 Å². The Balaban J connectivity index is 1.36. The molecule has 0 saturated heterocycles. The zero-order chi connectivity index (χ0) is 34.2. The molecular formula is C37H41N3O8. The van der Waals surface area contributed by atoms with E-state index in [1.807, 2.05) is 60.7 Å². The number of ether oxygens (including phenoxy) is 3. The van der Waals surface area contributed by atoms with E-state index in [9.17, 15) is 24.3 Å². The van der Waals surface area contributed by atoms with Crippen LogP contribution in [0.25, 0.3) is 22.2 Å². The third kappa shape index (κ3) is 6.72. The average Bonchev–Trinajstić information content (AvgIpc) is 3.58. The van der Waals surface area contributed by atoms with Crippen molar-refractivity contribution in [1.82, 2.24) is 15.2 Å². The van der Waals surface area contributed by atoms with Gasteiger partial charge in [0.15, 0.2) is 0 Å². The number of carbonyl (C=O) groups excluding carboxylic acids is 3. The number of carboxylic acids is 1. The Hall–Kier alpha value is -4.93. The lowest BCUT2D eigenvalue weighted by Gasteiger charge is -2.29. The van der Waals surface area contributed by atoms with Gasteiger partial charge in [-0.1, -0.05) is 42.5 Å². The lowest BCUT2D eigenvalue weighted by molar-refractivity contribution is -0.145. The second-order valence-corrected chi connectivity index (χ2v) is 13.8. The van der Waals surface area contributed by atoms with Crippen LogP contribution in [-0.4, -0.2) is 69.8 Å². The first-order chi connectivity index (χ1) is 22.9. The van der Waals surface area contributed by atoms with Gasteiger partial charge in [-0.05, 0) is 65.0 Å². The summed E-state index contributed by atoms with van der Waals surface area (Å²) < 4.78 is 17.7. The first-order valence-corrected chi connectivity index (χ1v) is 16.4. The zero-order valence-electron chi connectivity index (χ0n) is 27.6. The van der Waals surface area contributed by atoms with Crippen LogP contribution >= 0.6 is 0 Å². The summed E-state index contributed by atoms with van der Waals surface area (Å²) in [5.74, 6) is -3.29. The molecule has 0 radical (unpaired) electrons. The fourth-order valence-corrected chi connectivity index (χ4v) is 6.70. The van der Waals surface area contributed by atoms with Crippen LogP contribution in [0.2, 0.25) is 0 Å². The molecule has 2 heterocycles. The van der Waals surface area contributed by atoms with Crippen LogP contribution in [0.4, 0.5) is 4.79 Å². The summed E-state index contributed by atoms with van der Waals surface area (Å²) in [7, 11) is 1.58. The van der Waals surface area contributed by atoms with Gasteiger partial charge in [0, 0.05) is 35.5 Å². The predicted molar refractivity (Wildman–Crippen MR) is 177 cm³/mol. The highest BCUT2D eigenvalue weighted by atomic mass is 16.6. The van der Waals surface area contributed by atoms with Gasteiger partial charge in [0.05, 0.1) is 30.2 Å². The Morgan fingerprint density at radius 3 is 2.50 bits per heavy atom. The van der Waals surface area contributed by atoms with Gasteiger partial charge in [0.2, 0.25) is 11.8 Å². The predicted octanol–water partition coefficient (Wildman–Crippen LogP) is 5.76. The number of fused-ring (bicyclic) bond motifs is 3. The number of rotatable bonds is 5. The van der Waals surface area contributed by atoms with E-state index in [0.29, 0.717) is 35.6 Å². The highest BCUT2D eigenvalue weighted by molar-refractivity contribution is 5.98. The SMILES string of the molecule is COc1ccc2c(O[C@@H]3C[C@H]4C(=O)N[C@]5(C(=O)O)C[C@H]5/C=C\CCCN(C(=O)OC(C)(C)C)C(=O)[C@@H]4C3)cc(-c3ccccc3)nc2c1. The van der Waals surface area contributed by atoms with Crippen molar-refractivity contribution in [1.29, 1.82) is 0 Å². The fraction of sp³-hybridized carbons (Fsp3) is 0.432. The molecule has 3 aliphatic rings. The molecule has 11 nitrogen and oxygen atoms in total. The van der Waals surface area contributed by atoms with E-state index in [1.54, 1.807) is 34.0 Å². The molecule has 1 aliphatic heterocycles. The number of aliphatic carboxylic acids is 1. The number of carboxylic acid groups (broad SMARTS) is 1. The van der Waals surface area contributed by atoms with Crippen molar-refractivity contribution in [3.05, 3.63) is 66.7 Å². The molecule has 252 valence electrons. The third-order valence-electron chi connectivity index (χ3n) is 9.26. The average molecular weight is 656 g/mol. The van der Waals surface area contributed by atoms with Gasteiger partial charge in [-0.25, -0.2) is 19.5 Å². The van der Waals surface area contributed by atoms with Crippen molar-refractivity contribution in [2.24, 2.45) is 17.8 Å². The van der Waals surface area contributed by atoms with Gasteiger partial charge < -0.3 is 24.6 Å². The topological polar surface area (TPSA) is 144 Å². The number of allylic oxidation sites excluding steroid dienone is 1. The van der Waals surface area contributed by atoms with E-state index < -0.39 is 53.0 Å². The van der Waals surface area contributed by atoms with E-state index in [0.717, 1.165) is 15.8 Å². The molecule has 11 heteroatoms. The Bertz CT molecular complexity index is 1770. The monoisotopic (exact) mass is 655 g/mol. The second-order valence-electron chi connectivity index (χ2n) is 13.8. The maximum Gasteiger partial charge on any atom is 0.417 e. The second kappa shape index (κ2) is 12.9. The Labute approximate surface area is 279 Å². The minimum Gasteiger partial charge on any atom is -0.497 e. The van der Waals surface area contributed by atoms with Crippen LogP contribution < -0.4 is 14.8 Å². The Morgan fingerprint density at radius 2 is 1.79 bits per heavy atom. The van der Waals surface area contributed by atoms with Crippen LogP contribution in [0.5, 0.6) is 11.5 Å². The highest BCUT2D eigenvalue weighted by Crippen LogP contribution is 2.47. The first kappa shape index (κ1) is 33.0. The summed E-state index contributed by atoms with van der Waals surface area (Å²) in [5.41, 5.74) is -0.0669. The normalized spacial score (nSPS) is 26.5. The van der Waals surface area contributed by atoms with E-state index in [1.165, 1.54) is 0 Å². The quantitative estimate of drug-likeness (QED) is 0.328. The summed E-state index contributed by atoms with van der Waals surface area (Å²) >= 11 is 0. The van der Waals surface area contributed by atoms with Gasteiger partial charge in [0.25, 0.3) is 0 Å². The molecule has 0 spiro atoms. The summed E-state index contributed by atoms with van der Waals surface area (Å²) in [4.78, 5) is 59.9. The van der Waals surface area contributed by atoms with Gasteiger partial charge in [-0.3, -0.25) is 9.59 Å². The molecule has 3 aromatic rings. The van der Waals surface area contributed by atoms with Crippen molar-refractivity contribution in [3.63, 3.8) is 0 Å². The molecule has 2 saturated carbocycles. The van der Waals surface area contributed by atoms with E-state index >= 15 is 0 Å². The van der Waals surface area contributed by atoms with Gasteiger partial charge in [-0.2, -0.15) is 0 Å². The molecule has 5 atom stereocenters. The number of nitrogens with one attached hydrogen (secondary N) is 1. The highest BCUT2D eigenvalue weighted by Gasteiger charge is 2.61. The number of aromatic nitrogens is 1. The molecule has 0 bridgehead atoms. The fourth-order valence-electron chi connectivity index (χ4n) is 6.70. The molecule has 0 unspecified atom stereocenters. The largest absolute Gasteiger partial charge is 0.497 e. The number of methoxy groups -OCH3 is 1. The molecule has 2 aromatic carbocycles. The smallest absolute Gasteiger partial charge is 0.417 e. The van der Waals surface area contributed by atoms with Crippen molar-refractivity contribution in [2.75, 3.05) is 13.7 Å². The minimum atomic E-state index is -1.43. The summed E-state index contributed by atoms with van der Waals surface area (Å²) in [6.45, 7) is 5.28. The van der Waals surface area contributed by atoms with Crippen LogP contribution in [-0.2, 0) is 19.1 Å². The van der Waals surface area contributed by atoms with Crippen LogP contribution in [0.1, 0.15) is 52.9 Å². The van der Waals surface area contributed by atoms with Gasteiger partial charge >= 0.3 is 12.1 Å². The number of pyridine rings is 1. The van der Waals surface area contributed by atoms with Crippen molar-refractivity contribution >= 4 is 34.8 Å². The Kier molecular flexibility index (Phi) is 8.89. The molecule has 1 aromatic heterocycles. The molecule has 2 aliphatic carbocycles. The number of hydrogen-bond acceptors (Lipinski definition) is 8. The van der Waals surface area contributed by atoms with Crippen LogP contribution in [0.3, 0.4) is 0 Å². The number of nitrogens with zero attached hydrogens (tertiary/aromatic N) is 2. The molecule has 48 heavy (non-hydrogen) atoms. The van der Waals surface area contributed by atoms with Crippen molar-refractivity contribution in [3.8, 4) is 22.8 Å². The number of amides is 3. The molecule has 3 amide bonds. The van der Waals surface area contributed by atoms with Crippen molar-refractivity contribution < 1.29 is 38.5 Å².